The van der Waals surface area contributed by atoms with Gasteiger partial charge in [0.05, 0.1) is 19.4 Å². The average molecular weight is 533 g/mol. The summed E-state index contributed by atoms with van der Waals surface area (Å²) in [6.07, 6.45) is 0. The van der Waals surface area contributed by atoms with E-state index in [0.29, 0.717) is 43.0 Å². The van der Waals surface area contributed by atoms with Crippen molar-refractivity contribution in [2.45, 2.75) is 11.8 Å². The number of methoxy groups -OCH3 is 1. The molecule has 174 valence electrons. The Morgan fingerprint density at radius 2 is 1.70 bits per heavy atom. The molecule has 2 heterocycles. The van der Waals surface area contributed by atoms with Crippen molar-refractivity contribution in [3.63, 3.8) is 0 Å². The van der Waals surface area contributed by atoms with Crippen LogP contribution in [0, 0.1) is 0 Å². The monoisotopic (exact) mass is 532 g/mol. The molecule has 33 heavy (non-hydrogen) atoms. The summed E-state index contributed by atoms with van der Waals surface area (Å²) in [4.78, 5) is 2.20. The molecule has 2 aromatic carbocycles. The molecule has 1 fully saturated rings. The molecule has 0 amide bonds. The summed E-state index contributed by atoms with van der Waals surface area (Å²) in [6.45, 7) is 4.31. The van der Waals surface area contributed by atoms with Crippen molar-refractivity contribution in [1.82, 2.24) is 14.5 Å². The summed E-state index contributed by atoms with van der Waals surface area (Å²) in [6, 6.07) is 16.5. The predicted molar refractivity (Wildman–Crippen MR) is 130 cm³/mol. The Hall–Kier alpha value is -2.69. The third-order valence-corrected chi connectivity index (χ3v) is 7.83. The number of rotatable bonds is 7. The lowest BCUT2D eigenvalue weighted by molar-refractivity contribution is 0.340. The first kappa shape index (κ1) is 23.5. The fraction of sp³-hybridized carbons (Fsp3) is 0.304. The molecule has 10 heteroatoms. The second-order valence-corrected chi connectivity index (χ2v) is 10.2. The fourth-order valence-electron chi connectivity index (χ4n) is 3.69. The maximum Gasteiger partial charge on any atom is 0.246 e. The Morgan fingerprint density at radius 3 is 2.30 bits per heavy atom. The van der Waals surface area contributed by atoms with E-state index in [9.17, 15) is 8.42 Å². The van der Waals surface area contributed by atoms with Crippen LogP contribution in [0.5, 0.6) is 11.5 Å². The maximum absolute atomic E-state index is 13.2. The highest BCUT2D eigenvalue weighted by molar-refractivity contribution is 9.10. The molecule has 0 radical (unpaired) electrons. The van der Waals surface area contributed by atoms with Crippen molar-refractivity contribution in [2.24, 2.45) is 0 Å². The maximum atomic E-state index is 13.2. The molecule has 0 aliphatic carbocycles. The van der Waals surface area contributed by atoms with Gasteiger partial charge >= 0.3 is 0 Å². The molecule has 1 aliphatic heterocycles. The SMILES string of the molecule is CCOc1ccc(-c2ccc(N3CCN(S(=O)(=O)c4cc(Br)ccc4OC)CC3)nn2)cc1. The highest BCUT2D eigenvalue weighted by Crippen LogP contribution is 2.30. The van der Waals surface area contributed by atoms with Crippen LogP contribution in [0.3, 0.4) is 0 Å². The van der Waals surface area contributed by atoms with Gasteiger partial charge in [-0.1, -0.05) is 15.9 Å². The molecule has 1 aromatic heterocycles. The summed E-state index contributed by atoms with van der Waals surface area (Å²) in [7, 11) is -2.21. The quantitative estimate of drug-likeness (QED) is 0.457. The van der Waals surface area contributed by atoms with E-state index in [4.69, 9.17) is 9.47 Å². The summed E-state index contributed by atoms with van der Waals surface area (Å²) >= 11 is 3.35. The third-order valence-electron chi connectivity index (χ3n) is 5.42. The lowest BCUT2D eigenvalue weighted by Crippen LogP contribution is -2.49. The van der Waals surface area contributed by atoms with E-state index in [-0.39, 0.29) is 4.90 Å². The van der Waals surface area contributed by atoms with Gasteiger partial charge in [0.15, 0.2) is 5.82 Å². The zero-order chi connectivity index (χ0) is 23.4. The van der Waals surface area contributed by atoms with Crippen molar-refractivity contribution >= 4 is 31.8 Å². The Kier molecular flexibility index (Phi) is 7.16. The number of piperazine rings is 1. The highest BCUT2D eigenvalue weighted by Gasteiger charge is 2.31. The topological polar surface area (TPSA) is 84.9 Å². The number of benzene rings is 2. The van der Waals surface area contributed by atoms with Gasteiger partial charge in [0.1, 0.15) is 16.4 Å². The summed E-state index contributed by atoms with van der Waals surface area (Å²) in [5, 5.41) is 8.73. The lowest BCUT2D eigenvalue weighted by atomic mass is 10.1. The van der Waals surface area contributed by atoms with E-state index >= 15 is 0 Å². The first-order chi connectivity index (χ1) is 15.9. The number of ether oxygens (including phenoxy) is 2. The van der Waals surface area contributed by atoms with Crippen molar-refractivity contribution in [3.8, 4) is 22.8 Å². The minimum Gasteiger partial charge on any atom is -0.495 e. The first-order valence-corrected chi connectivity index (χ1v) is 12.8. The van der Waals surface area contributed by atoms with E-state index in [1.807, 2.05) is 48.2 Å². The number of hydrogen-bond acceptors (Lipinski definition) is 7. The molecule has 0 bridgehead atoms. The van der Waals surface area contributed by atoms with Gasteiger partial charge in [-0.25, -0.2) is 8.42 Å². The zero-order valence-corrected chi connectivity index (χ0v) is 20.8. The fourth-order valence-corrected chi connectivity index (χ4v) is 5.80. The Balaban J connectivity index is 1.43. The summed E-state index contributed by atoms with van der Waals surface area (Å²) < 4.78 is 39.3. The van der Waals surface area contributed by atoms with E-state index in [0.717, 1.165) is 22.8 Å². The van der Waals surface area contributed by atoms with Gasteiger partial charge in [0.25, 0.3) is 0 Å². The highest BCUT2D eigenvalue weighted by atomic mass is 79.9. The van der Waals surface area contributed by atoms with Crippen LogP contribution in [-0.4, -0.2) is 62.8 Å². The lowest BCUT2D eigenvalue weighted by Gasteiger charge is -2.34. The van der Waals surface area contributed by atoms with Crippen LogP contribution < -0.4 is 14.4 Å². The predicted octanol–water partition coefficient (Wildman–Crippen LogP) is 3.82. The molecule has 1 aliphatic rings. The second-order valence-electron chi connectivity index (χ2n) is 7.42. The van der Waals surface area contributed by atoms with Crippen LogP contribution >= 0.6 is 15.9 Å². The molecule has 0 unspecified atom stereocenters. The molecule has 0 N–H and O–H groups in total. The zero-order valence-electron chi connectivity index (χ0n) is 18.4. The molecule has 0 atom stereocenters. The number of halogens is 1. The molecule has 4 rings (SSSR count). The first-order valence-electron chi connectivity index (χ1n) is 10.6. The molecule has 8 nitrogen and oxygen atoms in total. The standard InChI is InChI=1S/C23H25BrN4O4S/c1-3-32-19-7-4-17(5-8-19)20-9-11-23(26-25-20)27-12-14-28(15-13-27)33(29,30)22-16-18(24)6-10-21(22)31-2/h4-11,16H,3,12-15H2,1-2H3. The Labute approximate surface area is 202 Å². The third kappa shape index (κ3) is 5.13. The molecular formula is C23H25BrN4O4S. The Morgan fingerprint density at radius 1 is 0.970 bits per heavy atom. The van der Waals surface area contributed by atoms with Crippen LogP contribution in [0.4, 0.5) is 5.82 Å². The molecular weight excluding hydrogens is 508 g/mol. The smallest absolute Gasteiger partial charge is 0.246 e. The van der Waals surface area contributed by atoms with Gasteiger partial charge in [-0.05, 0) is 61.5 Å². The van der Waals surface area contributed by atoms with Gasteiger partial charge < -0.3 is 14.4 Å². The van der Waals surface area contributed by atoms with Gasteiger partial charge in [-0.2, -0.15) is 4.31 Å². The molecule has 0 saturated carbocycles. The van der Waals surface area contributed by atoms with Crippen molar-refractivity contribution in [3.05, 3.63) is 59.1 Å². The van der Waals surface area contributed by atoms with Crippen LogP contribution in [0.25, 0.3) is 11.3 Å². The molecule has 1 saturated heterocycles. The van der Waals surface area contributed by atoms with Crippen molar-refractivity contribution < 1.29 is 17.9 Å². The van der Waals surface area contributed by atoms with Gasteiger partial charge in [0, 0.05) is 36.2 Å². The normalized spacial score (nSPS) is 14.8. The van der Waals surface area contributed by atoms with E-state index in [1.54, 1.807) is 18.2 Å². The van der Waals surface area contributed by atoms with E-state index in [2.05, 4.69) is 26.1 Å². The largest absolute Gasteiger partial charge is 0.495 e. The number of hydrogen-bond donors (Lipinski definition) is 0. The van der Waals surface area contributed by atoms with Crippen LogP contribution in [0.2, 0.25) is 0 Å². The second kappa shape index (κ2) is 10.1. The minimum atomic E-state index is -3.68. The van der Waals surface area contributed by atoms with Crippen LogP contribution in [0.1, 0.15) is 6.92 Å². The number of sulfonamides is 1. The van der Waals surface area contributed by atoms with E-state index < -0.39 is 10.0 Å². The summed E-state index contributed by atoms with van der Waals surface area (Å²) in [5.41, 5.74) is 1.72. The van der Waals surface area contributed by atoms with Crippen molar-refractivity contribution in [1.29, 1.82) is 0 Å². The average Bonchev–Trinajstić information content (AvgIpc) is 2.85. The molecule has 0 spiro atoms. The number of aromatic nitrogens is 2. The van der Waals surface area contributed by atoms with Crippen molar-refractivity contribution in [2.75, 3.05) is 44.8 Å². The van der Waals surface area contributed by atoms with Gasteiger partial charge in [0.2, 0.25) is 10.0 Å². The van der Waals surface area contributed by atoms with Crippen LogP contribution in [0.15, 0.2) is 64.0 Å². The van der Waals surface area contributed by atoms with Gasteiger partial charge in [-0.3, -0.25) is 0 Å². The number of anilines is 1. The summed E-state index contributed by atoms with van der Waals surface area (Å²) in [5.74, 6) is 1.87. The van der Waals surface area contributed by atoms with Gasteiger partial charge in [-0.15, -0.1) is 10.2 Å². The van der Waals surface area contributed by atoms with E-state index in [1.165, 1.54) is 11.4 Å². The number of nitrogens with zero attached hydrogens (tertiary/aromatic N) is 4. The minimum absolute atomic E-state index is 0.160. The Bertz CT molecular complexity index is 1200. The van der Waals surface area contributed by atoms with Crippen LogP contribution in [-0.2, 0) is 10.0 Å². The molecule has 3 aromatic rings.